The molecule has 0 radical (unpaired) electrons. The van der Waals surface area contributed by atoms with Gasteiger partial charge in [0, 0.05) is 6.54 Å². The fraction of sp³-hybridized carbons (Fsp3) is 0.667. The number of hydrogen-bond donors (Lipinski definition) is 2. The topological polar surface area (TPSA) is 75.6 Å². The van der Waals surface area contributed by atoms with Crippen LogP contribution in [-0.2, 0) is 9.53 Å². The molecule has 0 bridgehead atoms. The van der Waals surface area contributed by atoms with E-state index in [1.54, 1.807) is 0 Å². The molecule has 5 nitrogen and oxygen atoms in total. The maximum atomic E-state index is 11.2. The molecule has 94 valence electrons. The number of carbonyl (C=O) groups excluding carboxylic acids is 1. The van der Waals surface area contributed by atoms with E-state index in [1.165, 1.54) is 6.08 Å². The zero-order valence-electron chi connectivity index (χ0n) is 9.70. The van der Waals surface area contributed by atoms with Crippen LogP contribution in [0.15, 0.2) is 12.7 Å². The number of amides is 1. The maximum absolute atomic E-state index is 11.2. The Bertz CT molecular complexity index is 352. The summed E-state index contributed by atoms with van der Waals surface area (Å²) in [5, 5.41) is 11.7. The van der Waals surface area contributed by atoms with Crippen LogP contribution in [0, 0.1) is 10.8 Å². The van der Waals surface area contributed by atoms with E-state index in [1.807, 2.05) is 0 Å². The summed E-state index contributed by atoms with van der Waals surface area (Å²) < 4.78 is 4.74. The fourth-order valence-electron chi connectivity index (χ4n) is 2.69. The van der Waals surface area contributed by atoms with Crippen LogP contribution in [-0.4, -0.2) is 30.3 Å². The molecule has 0 atom stereocenters. The summed E-state index contributed by atoms with van der Waals surface area (Å²) in [6, 6.07) is 0. The van der Waals surface area contributed by atoms with Crippen molar-refractivity contribution in [3.8, 4) is 0 Å². The minimum Gasteiger partial charge on any atom is -0.481 e. The summed E-state index contributed by atoms with van der Waals surface area (Å²) in [5.41, 5.74) is -0.491. The van der Waals surface area contributed by atoms with Crippen molar-refractivity contribution >= 4 is 12.1 Å². The second-order valence-corrected chi connectivity index (χ2v) is 5.18. The fourth-order valence-corrected chi connectivity index (χ4v) is 2.69. The van der Waals surface area contributed by atoms with Crippen LogP contribution in [0.25, 0.3) is 0 Å². The molecule has 0 aromatic rings. The number of hydrogen-bond acceptors (Lipinski definition) is 3. The first-order valence-corrected chi connectivity index (χ1v) is 5.77. The summed E-state index contributed by atoms with van der Waals surface area (Å²) in [7, 11) is 0. The average molecular weight is 239 g/mol. The van der Waals surface area contributed by atoms with Gasteiger partial charge in [0.2, 0.25) is 0 Å². The Balaban J connectivity index is 1.81. The lowest BCUT2D eigenvalue weighted by Gasteiger charge is -2.45. The summed E-state index contributed by atoms with van der Waals surface area (Å²) in [5.74, 6) is -0.820. The lowest BCUT2D eigenvalue weighted by atomic mass is 9.59. The molecule has 2 fully saturated rings. The third kappa shape index (κ3) is 2.28. The van der Waals surface area contributed by atoms with Gasteiger partial charge < -0.3 is 15.2 Å². The van der Waals surface area contributed by atoms with Gasteiger partial charge in [-0.15, -0.1) is 0 Å². The van der Waals surface area contributed by atoms with E-state index in [-0.39, 0.29) is 18.6 Å². The molecule has 2 saturated carbocycles. The van der Waals surface area contributed by atoms with Gasteiger partial charge in [0.1, 0.15) is 6.61 Å². The smallest absolute Gasteiger partial charge is 0.407 e. The van der Waals surface area contributed by atoms with Crippen LogP contribution in [0.2, 0.25) is 0 Å². The Morgan fingerprint density at radius 3 is 2.53 bits per heavy atom. The van der Waals surface area contributed by atoms with E-state index in [2.05, 4.69) is 11.9 Å². The number of alkyl carbamates (subject to hydrolysis) is 1. The third-order valence-corrected chi connectivity index (χ3v) is 3.74. The first-order chi connectivity index (χ1) is 8.02. The van der Waals surface area contributed by atoms with Crippen molar-refractivity contribution in [1.29, 1.82) is 0 Å². The SMILES string of the molecule is C=CCOC(=O)NCC1(C(=O)O)CC2(CC2)C1. The van der Waals surface area contributed by atoms with Crippen LogP contribution in [0.1, 0.15) is 25.7 Å². The highest BCUT2D eigenvalue weighted by atomic mass is 16.5. The summed E-state index contributed by atoms with van der Waals surface area (Å²) in [6.07, 6.45) is 4.50. The summed E-state index contributed by atoms with van der Waals surface area (Å²) in [4.78, 5) is 22.5. The van der Waals surface area contributed by atoms with Crippen molar-refractivity contribution < 1.29 is 19.4 Å². The van der Waals surface area contributed by atoms with E-state index in [0.29, 0.717) is 12.8 Å². The second kappa shape index (κ2) is 4.05. The molecule has 0 unspecified atom stereocenters. The van der Waals surface area contributed by atoms with Crippen molar-refractivity contribution in [3.05, 3.63) is 12.7 Å². The zero-order valence-corrected chi connectivity index (χ0v) is 9.70. The molecular formula is C12H17NO4. The maximum Gasteiger partial charge on any atom is 0.407 e. The van der Waals surface area contributed by atoms with Crippen molar-refractivity contribution in [1.82, 2.24) is 5.32 Å². The highest BCUT2D eigenvalue weighted by Crippen LogP contribution is 2.68. The number of carboxylic acid groups (broad SMARTS) is 1. The van der Waals surface area contributed by atoms with E-state index < -0.39 is 17.5 Å². The standard InChI is InChI=1S/C12H17NO4/c1-2-5-17-10(16)13-8-12(9(14)15)6-11(7-12)3-4-11/h2H,1,3-8H2,(H,13,16)(H,14,15). The Hall–Kier alpha value is -1.52. The molecule has 2 N–H and O–H groups in total. The molecule has 2 aliphatic rings. The average Bonchev–Trinajstić information content (AvgIpc) is 3.01. The highest BCUT2D eigenvalue weighted by molar-refractivity contribution is 5.78. The Labute approximate surface area is 99.8 Å². The molecule has 2 aliphatic carbocycles. The number of nitrogens with one attached hydrogen (secondary N) is 1. The molecule has 5 heteroatoms. The van der Waals surface area contributed by atoms with Gasteiger partial charge >= 0.3 is 12.1 Å². The molecule has 2 rings (SSSR count). The molecule has 1 amide bonds. The number of ether oxygens (including phenoxy) is 1. The molecule has 0 aromatic carbocycles. The molecule has 0 aromatic heterocycles. The van der Waals surface area contributed by atoms with Gasteiger partial charge in [-0.3, -0.25) is 4.79 Å². The van der Waals surface area contributed by atoms with E-state index in [4.69, 9.17) is 4.74 Å². The van der Waals surface area contributed by atoms with Gasteiger partial charge in [0.25, 0.3) is 0 Å². The zero-order chi connectivity index (χ0) is 12.5. The second-order valence-electron chi connectivity index (χ2n) is 5.18. The van der Waals surface area contributed by atoms with Gasteiger partial charge in [-0.05, 0) is 31.1 Å². The first kappa shape index (κ1) is 12.0. The molecule has 0 saturated heterocycles. The van der Waals surface area contributed by atoms with Crippen LogP contribution < -0.4 is 5.32 Å². The van der Waals surface area contributed by atoms with E-state index in [9.17, 15) is 14.7 Å². The van der Waals surface area contributed by atoms with E-state index >= 15 is 0 Å². The van der Waals surface area contributed by atoms with Gasteiger partial charge in [-0.2, -0.15) is 0 Å². The largest absolute Gasteiger partial charge is 0.481 e. The van der Waals surface area contributed by atoms with Crippen LogP contribution in [0.4, 0.5) is 4.79 Å². The summed E-state index contributed by atoms with van der Waals surface area (Å²) >= 11 is 0. The number of aliphatic carboxylic acids is 1. The van der Waals surface area contributed by atoms with Crippen molar-refractivity contribution in [2.45, 2.75) is 25.7 Å². The van der Waals surface area contributed by atoms with Crippen LogP contribution >= 0.6 is 0 Å². The molecule has 0 heterocycles. The molecule has 0 aliphatic heterocycles. The highest BCUT2D eigenvalue weighted by Gasteiger charge is 2.64. The predicted octanol–water partition coefficient (Wildman–Crippen LogP) is 1.54. The third-order valence-electron chi connectivity index (χ3n) is 3.74. The Morgan fingerprint density at radius 1 is 1.41 bits per heavy atom. The lowest BCUT2D eigenvalue weighted by molar-refractivity contribution is -0.159. The molecule has 1 spiro atoms. The number of rotatable bonds is 5. The van der Waals surface area contributed by atoms with Crippen molar-refractivity contribution in [2.75, 3.05) is 13.2 Å². The van der Waals surface area contributed by atoms with Crippen molar-refractivity contribution in [2.24, 2.45) is 10.8 Å². The summed E-state index contributed by atoms with van der Waals surface area (Å²) in [6.45, 7) is 3.71. The van der Waals surface area contributed by atoms with Crippen LogP contribution in [0.5, 0.6) is 0 Å². The van der Waals surface area contributed by atoms with Crippen LogP contribution in [0.3, 0.4) is 0 Å². The van der Waals surface area contributed by atoms with Crippen molar-refractivity contribution in [3.63, 3.8) is 0 Å². The minimum atomic E-state index is -0.820. The Kier molecular flexibility index (Phi) is 2.85. The van der Waals surface area contributed by atoms with E-state index in [0.717, 1.165) is 12.8 Å². The quantitative estimate of drug-likeness (QED) is 0.713. The monoisotopic (exact) mass is 239 g/mol. The minimum absolute atomic E-state index is 0.135. The first-order valence-electron chi connectivity index (χ1n) is 5.77. The van der Waals surface area contributed by atoms with Gasteiger partial charge in [0.15, 0.2) is 0 Å². The normalized spacial score (nSPS) is 22.4. The molecule has 17 heavy (non-hydrogen) atoms. The lowest BCUT2D eigenvalue weighted by Crippen LogP contribution is -2.52. The molecular weight excluding hydrogens is 222 g/mol. The Morgan fingerprint density at radius 2 is 2.06 bits per heavy atom. The van der Waals surface area contributed by atoms with Gasteiger partial charge in [-0.25, -0.2) is 4.79 Å². The van der Waals surface area contributed by atoms with Gasteiger partial charge in [-0.1, -0.05) is 12.7 Å². The number of carboxylic acids is 1. The van der Waals surface area contributed by atoms with Gasteiger partial charge in [0.05, 0.1) is 5.41 Å². The predicted molar refractivity (Wildman–Crippen MR) is 60.5 cm³/mol. The number of carbonyl (C=O) groups is 2.